The summed E-state index contributed by atoms with van der Waals surface area (Å²) in [6, 6.07) is 0. The topological polar surface area (TPSA) is 41.5 Å². The number of carbonyl (C=O) groups is 1. The zero-order valence-corrected chi connectivity index (χ0v) is 5.76. The summed E-state index contributed by atoms with van der Waals surface area (Å²) in [7, 11) is 0. The highest BCUT2D eigenvalue weighted by molar-refractivity contribution is 6.08. The highest BCUT2D eigenvalue weighted by Crippen LogP contribution is 2.24. The predicted octanol–water partition coefficient (Wildman–Crippen LogP) is 0.662. The summed E-state index contributed by atoms with van der Waals surface area (Å²) in [4.78, 5) is 11.0. The SMILES string of the molecule is O=C1NN=C2CCCC[C@H]12. The predicted molar refractivity (Wildman–Crippen MR) is 37.5 cm³/mol. The van der Waals surface area contributed by atoms with Gasteiger partial charge in [-0.15, -0.1) is 0 Å². The molecule has 3 heteroatoms. The Kier molecular flexibility index (Phi) is 1.22. The molecule has 0 unspecified atom stereocenters. The van der Waals surface area contributed by atoms with Crippen molar-refractivity contribution in [2.75, 3.05) is 0 Å². The number of hydrazone groups is 1. The molecule has 1 heterocycles. The molecule has 0 aromatic heterocycles. The van der Waals surface area contributed by atoms with E-state index in [0.717, 1.165) is 18.6 Å². The molecule has 0 saturated heterocycles. The molecule has 0 aromatic carbocycles. The van der Waals surface area contributed by atoms with Crippen molar-refractivity contribution in [2.24, 2.45) is 11.0 Å². The number of rotatable bonds is 0. The summed E-state index contributed by atoms with van der Waals surface area (Å²) in [6.07, 6.45) is 4.40. The number of fused-ring (bicyclic) bond motifs is 1. The quantitative estimate of drug-likeness (QED) is 0.525. The molecule has 1 saturated carbocycles. The van der Waals surface area contributed by atoms with Crippen molar-refractivity contribution in [3.05, 3.63) is 0 Å². The van der Waals surface area contributed by atoms with Crippen LogP contribution in [0.4, 0.5) is 0 Å². The van der Waals surface area contributed by atoms with Crippen molar-refractivity contribution in [2.45, 2.75) is 25.7 Å². The van der Waals surface area contributed by atoms with Gasteiger partial charge in [0.15, 0.2) is 0 Å². The third-order valence-electron chi connectivity index (χ3n) is 2.20. The fraction of sp³-hybridized carbons (Fsp3) is 0.714. The van der Waals surface area contributed by atoms with E-state index in [9.17, 15) is 4.79 Å². The van der Waals surface area contributed by atoms with Gasteiger partial charge < -0.3 is 0 Å². The van der Waals surface area contributed by atoms with Crippen LogP contribution in [0.3, 0.4) is 0 Å². The average molecular weight is 138 g/mol. The Balaban J connectivity index is 2.18. The Morgan fingerprint density at radius 3 is 3.20 bits per heavy atom. The van der Waals surface area contributed by atoms with Gasteiger partial charge in [0, 0.05) is 0 Å². The highest BCUT2D eigenvalue weighted by Gasteiger charge is 2.31. The van der Waals surface area contributed by atoms with Gasteiger partial charge in [0.1, 0.15) is 0 Å². The molecule has 0 radical (unpaired) electrons. The Hall–Kier alpha value is -0.860. The lowest BCUT2D eigenvalue weighted by atomic mass is 9.88. The van der Waals surface area contributed by atoms with Crippen LogP contribution in [-0.4, -0.2) is 11.6 Å². The van der Waals surface area contributed by atoms with Crippen LogP contribution in [0.15, 0.2) is 5.10 Å². The Morgan fingerprint density at radius 1 is 1.50 bits per heavy atom. The van der Waals surface area contributed by atoms with Gasteiger partial charge in [-0.3, -0.25) is 4.79 Å². The van der Waals surface area contributed by atoms with Crippen molar-refractivity contribution >= 4 is 11.6 Å². The van der Waals surface area contributed by atoms with E-state index in [4.69, 9.17) is 0 Å². The molecule has 1 N–H and O–H groups in total. The van der Waals surface area contributed by atoms with E-state index in [1.165, 1.54) is 12.8 Å². The minimum atomic E-state index is 0.106. The molecule has 1 amide bonds. The molecule has 0 spiro atoms. The molecule has 3 nitrogen and oxygen atoms in total. The Morgan fingerprint density at radius 2 is 2.40 bits per heavy atom. The van der Waals surface area contributed by atoms with Gasteiger partial charge in [-0.2, -0.15) is 5.10 Å². The molecule has 1 aliphatic carbocycles. The van der Waals surface area contributed by atoms with Crippen molar-refractivity contribution < 1.29 is 4.79 Å². The number of nitrogens with zero attached hydrogens (tertiary/aromatic N) is 1. The van der Waals surface area contributed by atoms with Crippen molar-refractivity contribution in [1.29, 1.82) is 0 Å². The van der Waals surface area contributed by atoms with Gasteiger partial charge >= 0.3 is 0 Å². The first-order valence-electron chi connectivity index (χ1n) is 3.74. The summed E-state index contributed by atoms with van der Waals surface area (Å²) in [6.45, 7) is 0. The summed E-state index contributed by atoms with van der Waals surface area (Å²) in [5.74, 6) is 0.239. The van der Waals surface area contributed by atoms with Gasteiger partial charge in [-0.05, 0) is 19.3 Å². The third-order valence-corrected chi connectivity index (χ3v) is 2.20. The lowest BCUT2D eigenvalue weighted by Gasteiger charge is -2.14. The zero-order valence-electron chi connectivity index (χ0n) is 5.76. The van der Waals surface area contributed by atoms with Crippen LogP contribution in [0.5, 0.6) is 0 Å². The van der Waals surface area contributed by atoms with Crippen molar-refractivity contribution in [3.8, 4) is 0 Å². The van der Waals surface area contributed by atoms with Gasteiger partial charge in [0.05, 0.1) is 11.6 Å². The maximum atomic E-state index is 11.0. The average Bonchev–Trinajstić information content (AvgIpc) is 2.34. The second kappa shape index (κ2) is 2.08. The van der Waals surface area contributed by atoms with E-state index < -0.39 is 0 Å². The van der Waals surface area contributed by atoms with E-state index in [0.29, 0.717) is 0 Å². The smallest absolute Gasteiger partial charge is 0.248 e. The fourth-order valence-corrected chi connectivity index (χ4v) is 1.62. The first kappa shape index (κ1) is 5.89. The van der Waals surface area contributed by atoms with Crippen LogP contribution >= 0.6 is 0 Å². The maximum absolute atomic E-state index is 11.0. The van der Waals surface area contributed by atoms with E-state index in [1.54, 1.807) is 0 Å². The largest absolute Gasteiger partial charge is 0.272 e. The van der Waals surface area contributed by atoms with Crippen LogP contribution in [0.1, 0.15) is 25.7 Å². The fourth-order valence-electron chi connectivity index (χ4n) is 1.62. The van der Waals surface area contributed by atoms with Crippen LogP contribution in [-0.2, 0) is 4.79 Å². The summed E-state index contributed by atoms with van der Waals surface area (Å²) in [5.41, 5.74) is 3.59. The first-order valence-corrected chi connectivity index (χ1v) is 3.74. The number of carbonyl (C=O) groups excluding carboxylic acids is 1. The van der Waals surface area contributed by atoms with Crippen LogP contribution in [0, 0.1) is 5.92 Å². The molecule has 1 atom stereocenters. The Bertz CT molecular complexity index is 198. The van der Waals surface area contributed by atoms with Gasteiger partial charge in [0.25, 0.3) is 0 Å². The molecule has 54 valence electrons. The number of amides is 1. The molecular formula is C7H10N2O. The zero-order chi connectivity index (χ0) is 6.97. The van der Waals surface area contributed by atoms with E-state index in [1.807, 2.05) is 0 Å². The van der Waals surface area contributed by atoms with Gasteiger partial charge in [-0.25, -0.2) is 5.43 Å². The summed E-state index contributed by atoms with van der Waals surface area (Å²) in [5, 5.41) is 3.96. The summed E-state index contributed by atoms with van der Waals surface area (Å²) >= 11 is 0. The number of hydrogen-bond donors (Lipinski definition) is 1. The second-order valence-corrected chi connectivity index (χ2v) is 2.88. The highest BCUT2D eigenvalue weighted by atomic mass is 16.2. The molecule has 0 bridgehead atoms. The molecule has 2 aliphatic rings. The van der Waals surface area contributed by atoms with E-state index in [2.05, 4.69) is 10.5 Å². The monoisotopic (exact) mass is 138 g/mol. The molecule has 10 heavy (non-hydrogen) atoms. The Labute approximate surface area is 59.5 Å². The normalized spacial score (nSPS) is 31.0. The van der Waals surface area contributed by atoms with Gasteiger partial charge in [0.2, 0.25) is 5.91 Å². The van der Waals surface area contributed by atoms with Gasteiger partial charge in [-0.1, -0.05) is 6.42 Å². The molecular weight excluding hydrogens is 128 g/mol. The van der Waals surface area contributed by atoms with E-state index in [-0.39, 0.29) is 11.8 Å². The lowest BCUT2D eigenvalue weighted by molar-refractivity contribution is -0.122. The van der Waals surface area contributed by atoms with Crippen LogP contribution in [0.2, 0.25) is 0 Å². The third kappa shape index (κ3) is 0.735. The molecule has 1 aliphatic heterocycles. The molecule has 0 aromatic rings. The van der Waals surface area contributed by atoms with E-state index >= 15 is 0 Å². The van der Waals surface area contributed by atoms with Crippen LogP contribution in [0.25, 0.3) is 0 Å². The maximum Gasteiger partial charge on any atom is 0.248 e. The standard InChI is InChI=1S/C7H10N2O/c10-7-5-3-1-2-4-6(5)8-9-7/h5H,1-4H2,(H,9,10)/t5-/m0/s1. The minimum absolute atomic E-state index is 0.106. The molecule has 2 rings (SSSR count). The molecule has 1 fully saturated rings. The van der Waals surface area contributed by atoms with Crippen LogP contribution < -0.4 is 5.43 Å². The minimum Gasteiger partial charge on any atom is -0.272 e. The lowest BCUT2D eigenvalue weighted by Crippen LogP contribution is -2.25. The van der Waals surface area contributed by atoms with Crippen molar-refractivity contribution in [1.82, 2.24) is 5.43 Å². The first-order chi connectivity index (χ1) is 4.88. The van der Waals surface area contributed by atoms with Crippen molar-refractivity contribution in [3.63, 3.8) is 0 Å². The summed E-state index contributed by atoms with van der Waals surface area (Å²) < 4.78 is 0. The second-order valence-electron chi connectivity index (χ2n) is 2.88. The number of hydrogen-bond acceptors (Lipinski definition) is 2. The number of nitrogens with one attached hydrogen (secondary N) is 1.